The van der Waals surface area contributed by atoms with Crippen molar-refractivity contribution in [2.75, 3.05) is 6.54 Å². The largest absolute Gasteiger partial charge is 0.354 e. The Kier molecular flexibility index (Phi) is 8.15. The number of carbonyl (C=O) groups is 1. The smallest absolute Gasteiger partial charge is 0.267 e. The normalized spacial score (nSPS) is 10.9. The topological polar surface area (TPSA) is 81.8 Å². The van der Waals surface area contributed by atoms with Crippen LogP contribution in [0.4, 0.5) is 0 Å². The summed E-state index contributed by atoms with van der Waals surface area (Å²) in [4.78, 5) is 24.5. The van der Waals surface area contributed by atoms with Gasteiger partial charge in [0.2, 0.25) is 5.91 Å². The monoisotopic (exact) mass is 421 g/mol. The number of amides is 1. The van der Waals surface area contributed by atoms with Crippen molar-refractivity contribution in [2.45, 2.75) is 58.9 Å². The van der Waals surface area contributed by atoms with Crippen molar-refractivity contribution >= 4 is 5.91 Å². The molecule has 2 aromatic heterocycles. The van der Waals surface area contributed by atoms with Crippen molar-refractivity contribution in [3.63, 3.8) is 0 Å². The third-order valence-electron chi connectivity index (χ3n) is 5.17. The Labute approximate surface area is 183 Å². The summed E-state index contributed by atoms with van der Waals surface area (Å²) in [5.41, 5.74) is 2.41. The number of hydrogen-bond donors (Lipinski definition) is 1. The summed E-state index contributed by atoms with van der Waals surface area (Å²) in [6.07, 6.45) is 6.99. The van der Waals surface area contributed by atoms with Gasteiger partial charge in [0.25, 0.3) is 5.56 Å². The summed E-state index contributed by atoms with van der Waals surface area (Å²) < 4.78 is 2.88. The van der Waals surface area contributed by atoms with Gasteiger partial charge in [-0.05, 0) is 25.5 Å². The van der Waals surface area contributed by atoms with Crippen molar-refractivity contribution in [1.82, 2.24) is 24.9 Å². The van der Waals surface area contributed by atoms with Crippen LogP contribution >= 0.6 is 0 Å². The van der Waals surface area contributed by atoms with Gasteiger partial charge in [-0.2, -0.15) is 5.10 Å². The molecule has 1 amide bonds. The molecule has 0 atom stereocenters. The van der Waals surface area contributed by atoms with Gasteiger partial charge in [-0.25, -0.2) is 9.36 Å². The van der Waals surface area contributed by atoms with Gasteiger partial charge < -0.3 is 5.32 Å². The molecule has 0 aliphatic rings. The fraction of sp³-hybridized carbons (Fsp3) is 0.417. The van der Waals surface area contributed by atoms with E-state index in [1.54, 1.807) is 10.7 Å². The molecule has 31 heavy (non-hydrogen) atoms. The fourth-order valence-electron chi connectivity index (χ4n) is 3.45. The molecular formula is C24H31N5O2. The molecule has 7 nitrogen and oxygen atoms in total. The number of carbonyl (C=O) groups excluding carboxylic acids is 1. The van der Waals surface area contributed by atoms with E-state index in [0.29, 0.717) is 12.4 Å². The molecule has 0 saturated heterocycles. The maximum atomic E-state index is 12.3. The van der Waals surface area contributed by atoms with Gasteiger partial charge in [0.05, 0.1) is 5.69 Å². The SMILES string of the molecule is CCCCCCCCNC(=O)Cn1nc(-n2nc(-c3ccccc3)cc2C)ccc1=O. The van der Waals surface area contributed by atoms with Crippen molar-refractivity contribution < 1.29 is 4.79 Å². The van der Waals surface area contributed by atoms with Crippen molar-refractivity contribution in [3.05, 3.63) is 64.6 Å². The number of aryl methyl sites for hydroxylation is 1. The lowest BCUT2D eigenvalue weighted by molar-refractivity contribution is -0.121. The zero-order chi connectivity index (χ0) is 22.1. The van der Waals surface area contributed by atoms with Crippen LogP contribution in [0.25, 0.3) is 17.1 Å². The Morgan fingerprint density at radius 3 is 2.48 bits per heavy atom. The molecule has 7 heteroatoms. The first-order valence-electron chi connectivity index (χ1n) is 11.1. The average Bonchev–Trinajstić information content (AvgIpc) is 3.17. The minimum absolute atomic E-state index is 0.103. The molecule has 0 unspecified atom stereocenters. The van der Waals surface area contributed by atoms with Crippen LogP contribution in [-0.4, -0.2) is 32.0 Å². The van der Waals surface area contributed by atoms with Crippen molar-refractivity contribution in [3.8, 4) is 17.1 Å². The van der Waals surface area contributed by atoms with Crippen molar-refractivity contribution in [1.29, 1.82) is 0 Å². The highest BCUT2D eigenvalue weighted by molar-refractivity contribution is 5.75. The van der Waals surface area contributed by atoms with Crippen LogP contribution < -0.4 is 10.9 Å². The van der Waals surface area contributed by atoms with E-state index in [4.69, 9.17) is 0 Å². The molecule has 1 aromatic carbocycles. The molecule has 3 rings (SSSR count). The summed E-state index contributed by atoms with van der Waals surface area (Å²) in [6, 6.07) is 14.9. The van der Waals surface area contributed by atoms with Gasteiger partial charge in [-0.15, -0.1) is 5.10 Å². The second-order valence-corrected chi connectivity index (χ2v) is 7.75. The summed E-state index contributed by atoms with van der Waals surface area (Å²) in [6.45, 7) is 4.65. The maximum absolute atomic E-state index is 12.3. The molecule has 1 N–H and O–H groups in total. The summed E-state index contributed by atoms with van der Waals surface area (Å²) in [5.74, 6) is 0.297. The third kappa shape index (κ3) is 6.38. The van der Waals surface area contributed by atoms with Crippen LogP contribution in [0.1, 0.15) is 51.1 Å². The van der Waals surface area contributed by atoms with E-state index in [9.17, 15) is 9.59 Å². The molecule has 0 aliphatic carbocycles. The minimum atomic E-state index is -0.313. The first-order chi connectivity index (χ1) is 15.1. The van der Waals surface area contributed by atoms with Gasteiger partial charge in [0, 0.05) is 23.9 Å². The number of benzene rings is 1. The van der Waals surface area contributed by atoms with Crippen LogP contribution in [0.5, 0.6) is 0 Å². The lowest BCUT2D eigenvalue weighted by Crippen LogP contribution is -2.34. The van der Waals surface area contributed by atoms with Crippen LogP contribution in [0.2, 0.25) is 0 Å². The summed E-state index contributed by atoms with van der Waals surface area (Å²) in [7, 11) is 0. The molecule has 0 saturated carbocycles. The van der Waals surface area contributed by atoms with E-state index >= 15 is 0 Å². The van der Waals surface area contributed by atoms with E-state index in [0.717, 1.165) is 29.8 Å². The van der Waals surface area contributed by atoms with Crippen molar-refractivity contribution in [2.24, 2.45) is 0 Å². The second kappa shape index (κ2) is 11.2. The molecule has 0 spiro atoms. The number of aromatic nitrogens is 4. The standard InChI is InChI=1S/C24H31N5O2/c1-3-4-5-6-7-11-16-25-23(30)18-28-24(31)15-14-22(27-28)29-19(2)17-21(26-29)20-12-9-8-10-13-20/h8-10,12-15,17H,3-7,11,16,18H2,1-2H3,(H,25,30). The predicted molar refractivity (Wildman–Crippen MR) is 122 cm³/mol. The first-order valence-corrected chi connectivity index (χ1v) is 11.1. The summed E-state index contributed by atoms with van der Waals surface area (Å²) >= 11 is 0. The fourth-order valence-corrected chi connectivity index (χ4v) is 3.45. The predicted octanol–water partition coefficient (Wildman–Crippen LogP) is 3.88. The van der Waals surface area contributed by atoms with Crippen LogP contribution in [0, 0.1) is 6.92 Å². The summed E-state index contributed by atoms with van der Waals surface area (Å²) in [5, 5.41) is 11.9. The van der Waals surface area contributed by atoms with Gasteiger partial charge in [0.15, 0.2) is 5.82 Å². The van der Waals surface area contributed by atoms with Crippen LogP contribution in [-0.2, 0) is 11.3 Å². The van der Waals surface area contributed by atoms with E-state index in [1.807, 2.05) is 43.3 Å². The Morgan fingerprint density at radius 2 is 1.71 bits per heavy atom. The molecule has 0 fully saturated rings. The Bertz CT molecular complexity index is 1040. The Morgan fingerprint density at radius 1 is 0.968 bits per heavy atom. The van der Waals surface area contributed by atoms with Gasteiger partial charge in [0.1, 0.15) is 6.54 Å². The molecule has 0 radical (unpaired) electrons. The zero-order valence-corrected chi connectivity index (χ0v) is 18.4. The maximum Gasteiger partial charge on any atom is 0.267 e. The number of nitrogens with one attached hydrogen (secondary N) is 1. The first kappa shape index (κ1) is 22.5. The molecule has 0 bridgehead atoms. The average molecular weight is 422 g/mol. The minimum Gasteiger partial charge on any atom is -0.354 e. The molecule has 0 aliphatic heterocycles. The molecule has 2 heterocycles. The quantitative estimate of drug-likeness (QED) is 0.476. The van der Waals surface area contributed by atoms with E-state index in [-0.39, 0.29) is 18.0 Å². The zero-order valence-electron chi connectivity index (χ0n) is 18.4. The van der Waals surface area contributed by atoms with Gasteiger partial charge >= 0.3 is 0 Å². The molecular weight excluding hydrogens is 390 g/mol. The molecule has 164 valence electrons. The van der Waals surface area contributed by atoms with E-state index in [1.165, 1.54) is 36.4 Å². The number of nitrogens with zero attached hydrogens (tertiary/aromatic N) is 4. The highest BCUT2D eigenvalue weighted by atomic mass is 16.2. The third-order valence-corrected chi connectivity index (χ3v) is 5.17. The second-order valence-electron chi connectivity index (χ2n) is 7.75. The van der Waals surface area contributed by atoms with Crippen LogP contribution in [0.15, 0.2) is 53.3 Å². The number of rotatable bonds is 11. The number of unbranched alkanes of at least 4 members (excludes halogenated alkanes) is 5. The van der Waals surface area contributed by atoms with Gasteiger partial charge in [-0.3, -0.25) is 9.59 Å². The lowest BCUT2D eigenvalue weighted by Gasteiger charge is -2.09. The van der Waals surface area contributed by atoms with E-state index < -0.39 is 0 Å². The van der Waals surface area contributed by atoms with Crippen LogP contribution in [0.3, 0.4) is 0 Å². The lowest BCUT2D eigenvalue weighted by atomic mass is 10.1. The Hall–Kier alpha value is -3.22. The highest BCUT2D eigenvalue weighted by Crippen LogP contribution is 2.20. The number of hydrogen-bond acceptors (Lipinski definition) is 4. The Balaban J connectivity index is 1.62. The molecule has 3 aromatic rings. The highest BCUT2D eigenvalue weighted by Gasteiger charge is 2.12. The van der Waals surface area contributed by atoms with E-state index in [2.05, 4.69) is 22.4 Å². The van der Waals surface area contributed by atoms with Gasteiger partial charge in [-0.1, -0.05) is 69.4 Å².